The lowest BCUT2D eigenvalue weighted by atomic mass is 10.1. The Labute approximate surface area is 167 Å². The molecule has 6 nitrogen and oxygen atoms in total. The van der Waals surface area contributed by atoms with Crippen LogP contribution in [0.5, 0.6) is 0 Å². The predicted molar refractivity (Wildman–Crippen MR) is 109 cm³/mol. The van der Waals surface area contributed by atoms with Crippen LogP contribution in [-0.2, 0) is 14.6 Å². The lowest BCUT2D eigenvalue weighted by molar-refractivity contribution is -0.136. The van der Waals surface area contributed by atoms with Crippen LogP contribution in [0.15, 0.2) is 18.2 Å². The number of nitrogens with zero attached hydrogens (tertiary/aromatic N) is 3. The topological polar surface area (TPSA) is 60.9 Å². The molecule has 0 unspecified atom stereocenters. The van der Waals surface area contributed by atoms with Gasteiger partial charge >= 0.3 is 0 Å². The Morgan fingerprint density at radius 2 is 1.93 bits per heavy atom. The van der Waals surface area contributed by atoms with Gasteiger partial charge in [0, 0.05) is 50.0 Å². The van der Waals surface area contributed by atoms with Crippen molar-refractivity contribution in [1.29, 1.82) is 0 Å². The van der Waals surface area contributed by atoms with Gasteiger partial charge in [-0.15, -0.1) is 0 Å². The van der Waals surface area contributed by atoms with E-state index in [1.807, 2.05) is 25.1 Å². The van der Waals surface area contributed by atoms with E-state index in [1.165, 1.54) is 5.56 Å². The first-order valence-corrected chi connectivity index (χ1v) is 11.6. The molecule has 0 aliphatic carbocycles. The number of benzene rings is 1. The maximum Gasteiger partial charge on any atom is 0.239 e. The van der Waals surface area contributed by atoms with Gasteiger partial charge in [0.05, 0.1) is 17.5 Å². The summed E-state index contributed by atoms with van der Waals surface area (Å²) in [6, 6.07) is 5.48. The Bertz CT molecular complexity index is 806. The Morgan fingerprint density at radius 3 is 2.52 bits per heavy atom. The summed E-state index contributed by atoms with van der Waals surface area (Å²) in [6.07, 6.45) is 0.541. The number of amides is 1. The Morgan fingerprint density at radius 1 is 1.26 bits per heavy atom. The number of piperazine rings is 1. The van der Waals surface area contributed by atoms with E-state index < -0.39 is 9.84 Å². The Kier molecular flexibility index (Phi) is 6.03. The maximum atomic E-state index is 12.8. The lowest BCUT2D eigenvalue weighted by Gasteiger charge is -2.40. The predicted octanol–water partition coefficient (Wildman–Crippen LogP) is 1.80. The summed E-state index contributed by atoms with van der Waals surface area (Å²) in [7, 11) is -1.26. The van der Waals surface area contributed by atoms with Gasteiger partial charge in [-0.25, -0.2) is 8.42 Å². The van der Waals surface area contributed by atoms with Gasteiger partial charge in [0.1, 0.15) is 0 Å². The van der Waals surface area contributed by atoms with E-state index in [2.05, 4.69) is 16.7 Å². The summed E-state index contributed by atoms with van der Waals surface area (Å²) >= 11 is 6.14. The third-order valence-corrected chi connectivity index (χ3v) is 7.82. The fourth-order valence-corrected chi connectivity index (χ4v) is 5.93. The molecule has 3 rings (SSSR count). The van der Waals surface area contributed by atoms with E-state index in [1.54, 1.807) is 11.9 Å². The van der Waals surface area contributed by atoms with Crippen molar-refractivity contribution in [2.45, 2.75) is 32.4 Å². The molecule has 0 aromatic heterocycles. The zero-order valence-electron chi connectivity index (χ0n) is 16.2. The molecule has 2 fully saturated rings. The fraction of sp³-hybridized carbons (Fsp3) is 0.632. The highest BCUT2D eigenvalue weighted by Gasteiger charge is 2.36. The smallest absolute Gasteiger partial charge is 0.239 e. The summed E-state index contributed by atoms with van der Waals surface area (Å²) in [5.74, 6) is 0.273. The van der Waals surface area contributed by atoms with E-state index in [0.717, 1.165) is 36.9 Å². The third kappa shape index (κ3) is 4.58. The number of anilines is 1. The van der Waals surface area contributed by atoms with Crippen molar-refractivity contribution in [2.75, 3.05) is 49.6 Å². The van der Waals surface area contributed by atoms with Gasteiger partial charge in [-0.2, -0.15) is 0 Å². The Hall–Kier alpha value is -1.31. The van der Waals surface area contributed by atoms with E-state index in [9.17, 15) is 13.2 Å². The minimum absolute atomic E-state index is 0.00415. The molecule has 0 spiro atoms. The molecule has 2 aliphatic heterocycles. The van der Waals surface area contributed by atoms with Gasteiger partial charge in [-0.1, -0.05) is 17.7 Å². The molecule has 1 aromatic rings. The average Bonchev–Trinajstić information content (AvgIpc) is 3.02. The molecule has 2 heterocycles. The highest BCUT2D eigenvalue weighted by molar-refractivity contribution is 7.91. The molecule has 27 heavy (non-hydrogen) atoms. The van der Waals surface area contributed by atoms with Gasteiger partial charge in [-0.3, -0.25) is 9.69 Å². The highest BCUT2D eigenvalue weighted by atomic mass is 35.5. The number of likely N-dealkylation sites (N-methyl/N-ethyl adjacent to an activating group) is 1. The van der Waals surface area contributed by atoms with Crippen molar-refractivity contribution in [3.8, 4) is 0 Å². The fourth-order valence-electron chi connectivity index (χ4n) is 3.99. The van der Waals surface area contributed by atoms with Crippen LogP contribution in [0.2, 0.25) is 5.02 Å². The Balaban J connectivity index is 1.58. The maximum absolute atomic E-state index is 12.8. The number of aryl methyl sites for hydroxylation is 1. The number of carbonyl (C=O) groups excluding carboxylic acids is 1. The minimum atomic E-state index is -3.00. The first-order chi connectivity index (χ1) is 12.7. The third-order valence-electron chi connectivity index (χ3n) is 5.83. The van der Waals surface area contributed by atoms with Gasteiger partial charge in [0.15, 0.2) is 9.84 Å². The monoisotopic (exact) mass is 413 g/mol. The van der Waals surface area contributed by atoms with Crippen LogP contribution < -0.4 is 4.90 Å². The van der Waals surface area contributed by atoms with Crippen LogP contribution in [0.4, 0.5) is 5.69 Å². The molecule has 0 saturated carbocycles. The van der Waals surface area contributed by atoms with Crippen LogP contribution in [0.25, 0.3) is 0 Å². The number of hydrogen-bond acceptors (Lipinski definition) is 5. The zero-order valence-corrected chi connectivity index (χ0v) is 17.8. The van der Waals surface area contributed by atoms with E-state index >= 15 is 0 Å². The SMILES string of the molecule is Cc1ccc(Cl)cc1N1CCN([C@H](C)C(=O)N(C)[C@@H]2CCS(=O)(=O)C2)CC1. The molecule has 2 aliphatic rings. The molecule has 2 saturated heterocycles. The standard InChI is InChI=1S/C19H28ClN3O3S/c1-14-4-5-16(20)12-18(14)23-9-7-22(8-10-23)15(2)19(24)21(3)17-6-11-27(25,26)13-17/h4-5,12,15,17H,6-11,13H2,1-3H3/t15-,17-/m1/s1. The van der Waals surface area contributed by atoms with Crippen LogP contribution in [0.3, 0.4) is 0 Å². The van der Waals surface area contributed by atoms with Crippen LogP contribution in [-0.4, -0.2) is 80.9 Å². The van der Waals surface area contributed by atoms with Crippen molar-refractivity contribution in [1.82, 2.24) is 9.80 Å². The molecule has 0 radical (unpaired) electrons. The molecule has 0 bridgehead atoms. The molecule has 1 amide bonds. The molecular weight excluding hydrogens is 386 g/mol. The second kappa shape index (κ2) is 7.97. The largest absolute Gasteiger partial charge is 0.369 e. The molecule has 1 aromatic carbocycles. The molecule has 2 atom stereocenters. The summed E-state index contributed by atoms with van der Waals surface area (Å²) in [5.41, 5.74) is 2.34. The van der Waals surface area contributed by atoms with E-state index in [-0.39, 0.29) is 29.5 Å². The van der Waals surface area contributed by atoms with Crippen molar-refractivity contribution < 1.29 is 13.2 Å². The van der Waals surface area contributed by atoms with Gasteiger partial charge in [-0.05, 0) is 38.0 Å². The normalized spacial score (nSPS) is 24.0. The van der Waals surface area contributed by atoms with E-state index in [0.29, 0.717) is 6.42 Å². The number of rotatable bonds is 4. The highest BCUT2D eigenvalue weighted by Crippen LogP contribution is 2.26. The molecule has 150 valence electrons. The van der Waals surface area contributed by atoms with Crippen LogP contribution >= 0.6 is 11.6 Å². The number of sulfone groups is 1. The van der Waals surface area contributed by atoms with E-state index in [4.69, 9.17) is 11.6 Å². The molecule has 0 N–H and O–H groups in total. The van der Waals surface area contributed by atoms with Gasteiger partial charge < -0.3 is 9.80 Å². The van der Waals surface area contributed by atoms with Crippen molar-refractivity contribution in [3.05, 3.63) is 28.8 Å². The van der Waals surface area contributed by atoms with Crippen molar-refractivity contribution in [2.24, 2.45) is 0 Å². The minimum Gasteiger partial charge on any atom is -0.369 e. The number of carbonyl (C=O) groups is 1. The number of hydrogen-bond donors (Lipinski definition) is 0. The first-order valence-electron chi connectivity index (χ1n) is 9.40. The number of halogens is 1. The average molecular weight is 414 g/mol. The zero-order chi connectivity index (χ0) is 19.8. The summed E-state index contributed by atoms with van der Waals surface area (Å²) in [6.45, 7) is 7.24. The second-order valence-electron chi connectivity index (χ2n) is 7.64. The van der Waals surface area contributed by atoms with Crippen LogP contribution in [0, 0.1) is 6.92 Å². The van der Waals surface area contributed by atoms with Crippen molar-refractivity contribution in [3.63, 3.8) is 0 Å². The first kappa shape index (κ1) is 20.4. The second-order valence-corrected chi connectivity index (χ2v) is 10.3. The van der Waals surface area contributed by atoms with Crippen LogP contribution in [0.1, 0.15) is 18.9 Å². The van der Waals surface area contributed by atoms with Crippen molar-refractivity contribution >= 4 is 33.0 Å². The summed E-state index contributed by atoms with van der Waals surface area (Å²) in [4.78, 5) is 19.0. The lowest BCUT2D eigenvalue weighted by Crippen LogP contribution is -2.55. The molecule has 8 heteroatoms. The quantitative estimate of drug-likeness (QED) is 0.753. The van der Waals surface area contributed by atoms with Gasteiger partial charge in [0.25, 0.3) is 0 Å². The summed E-state index contributed by atoms with van der Waals surface area (Å²) in [5, 5.41) is 0.731. The summed E-state index contributed by atoms with van der Waals surface area (Å²) < 4.78 is 23.4. The molecular formula is C19H28ClN3O3S. The van der Waals surface area contributed by atoms with Gasteiger partial charge in [0.2, 0.25) is 5.91 Å².